The topological polar surface area (TPSA) is 52.6 Å². The first kappa shape index (κ1) is 16.0. The third kappa shape index (κ3) is 4.60. The van der Waals surface area contributed by atoms with Crippen molar-refractivity contribution in [2.75, 3.05) is 18.9 Å². The summed E-state index contributed by atoms with van der Waals surface area (Å²) in [6, 6.07) is 12.8. The standard InChI is InChI=1S/C18H22N2O2/c1-13-4-5-15(14(2)10-13)11-20(3)12-18(22)19-16-6-8-17(21)9-7-16/h4-10,21H,11-12H2,1-3H3,(H,19,22). The molecule has 2 rings (SSSR count). The third-order valence-electron chi connectivity index (χ3n) is 3.50. The van der Waals surface area contributed by atoms with Gasteiger partial charge in [-0.3, -0.25) is 9.69 Å². The van der Waals surface area contributed by atoms with E-state index in [1.54, 1.807) is 24.3 Å². The molecule has 0 aliphatic rings. The number of carbonyl (C=O) groups is 1. The first-order chi connectivity index (χ1) is 10.4. The van der Waals surface area contributed by atoms with Gasteiger partial charge in [-0.15, -0.1) is 0 Å². The fourth-order valence-corrected chi connectivity index (χ4v) is 2.36. The Morgan fingerprint density at radius 2 is 1.82 bits per heavy atom. The Labute approximate surface area is 131 Å². The van der Waals surface area contributed by atoms with Crippen LogP contribution in [0.25, 0.3) is 0 Å². The number of aromatic hydroxyl groups is 1. The molecule has 0 aliphatic heterocycles. The highest BCUT2D eigenvalue weighted by molar-refractivity contribution is 5.92. The monoisotopic (exact) mass is 298 g/mol. The van der Waals surface area contributed by atoms with E-state index in [1.165, 1.54) is 16.7 Å². The summed E-state index contributed by atoms with van der Waals surface area (Å²) in [6.45, 7) is 5.21. The Hall–Kier alpha value is -2.33. The number of hydrogen-bond acceptors (Lipinski definition) is 3. The molecule has 0 fully saturated rings. The number of amides is 1. The lowest BCUT2D eigenvalue weighted by atomic mass is 10.1. The van der Waals surface area contributed by atoms with Crippen molar-refractivity contribution in [3.8, 4) is 5.75 Å². The highest BCUT2D eigenvalue weighted by Gasteiger charge is 2.09. The van der Waals surface area contributed by atoms with E-state index in [9.17, 15) is 9.90 Å². The van der Waals surface area contributed by atoms with Gasteiger partial charge in [0.05, 0.1) is 6.54 Å². The quantitative estimate of drug-likeness (QED) is 0.834. The summed E-state index contributed by atoms with van der Waals surface area (Å²) in [7, 11) is 1.93. The zero-order chi connectivity index (χ0) is 16.1. The van der Waals surface area contributed by atoms with Crippen LogP contribution in [0, 0.1) is 13.8 Å². The summed E-state index contributed by atoms with van der Waals surface area (Å²) >= 11 is 0. The van der Waals surface area contributed by atoms with E-state index in [4.69, 9.17) is 0 Å². The van der Waals surface area contributed by atoms with Gasteiger partial charge >= 0.3 is 0 Å². The lowest BCUT2D eigenvalue weighted by molar-refractivity contribution is -0.117. The van der Waals surface area contributed by atoms with Gasteiger partial charge in [0.2, 0.25) is 5.91 Å². The van der Waals surface area contributed by atoms with Crippen molar-refractivity contribution >= 4 is 11.6 Å². The van der Waals surface area contributed by atoms with E-state index < -0.39 is 0 Å². The Morgan fingerprint density at radius 1 is 1.14 bits per heavy atom. The molecular weight excluding hydrogens is 276 g/mol. The van der Waals surface area contributed by atoms with Gasteiger partial charge in [0, 0.05) is 12.2 Å². The van der Waals surface area contributed by atoms with E-state index in [2.05, 4.69) is 37.4 Å². The molecule has 1 amide bonds. The summed E-state index contributed by atoms with van der Waals surface area (Å²) < 4.78 is 0. The Kier molecular flexibility index (Phi) is 5.17. The molecule has 2 aromatic carbocycles. The number of rotatable bonds is 5. The van der Waals surface area contributed by atoms with E-state index in [0.29, 0.717) is 12.2 Å². The molecule has 0 saturated heterocycles. The predicted octanol–water partition coefficient (Wildman–Crippen LogP) is 3.08. The number of likely N-dealkylation sites (N-methyl/N-ethyl adjacent to an activating group) is 1. The SMILES string of the molecule is Cc1ccc(CN(C)CC(=O)Nc2ccc(O)cc2)c(C)c1. The highest BCUT2D eigenvalue weighted by Crippen LogP contribution is 2.14. The van der Waals surface area contributed by atoms with E-state index >= 15 is 0 Å². The molecule has 0 bridgehead atoms. The second-order valence-corrected chi connectivity index (χ2v) is 5.70. The van der Waals surface area contributed by atoms with Gasteiger partial charge in [0.15, 0.2) is 0 Å². The number of phenolic OH excluding ortho intramolecular Hbond substituents is 1. The molecule has 4 heteroatoms. The number of anilines is 1. The Bertz CT molecular complexity index is 651. The van der Waals surface area contributed by atoms with Gasteiger partial charge in [-0.25, -0.2) is 0 Å². The van der Waals surface area contributed by atoms with Gasteiger partial charge in [0.25, 0.3) is 0 Å². The molecule has 22 heavy (non-hydrogen) atoms. The highest BCUT2D eigenvalue weighted by atomic mass is 16.3. The maximum atomic E-state index is 12.0. The average Bonchev–Trinajstić information content (AvgIpc) is 2.44. The summed E-state index contributed by atoms with van der Waals surface area (Å²) in [5.74, 6) is 0.114. The lowest BCUT2D eigenvalue weighted by Gasteiger charge is -2.18. The lowest BCUT2D eigenvalue weighted by Crippen LogP contribution is -2.30. The van der Waals surface area contributed by atoms with Crippen molar-refractivity contribution in [2.24, 2.45) is 0 Å². The number of nitrogens with one attached hydrogen (secondary N) is 1. The fourth-order valence-electron chi connectivity index (χ4n) is 2.36. The molecular formula is C18H22N2O2. The van der Waals surface area contributed by atoms with Gasteiger partial charge in [-0.1, -0.05) is 23.8 Å². The van der Waals surface area contributed by atoms with Crippen LogP contribution in [0.15, 0.2) is 42.5 Å². The second-order valence-electron chi connectivity index (χ2n) is 5.70. The van der Waals surface area contributed by atoms with Crippen molar-refractivity contribution < 1.29 is 9.90 Å². The van der Waals surface area contributed by atoms with Crippen LogP contribution in [-0.2, 0) is 11.3 Å². The molecule has 0 radical (unpaired) electrons. The molecule has 4 nitrogen and oxygen atoms in total. The van der Waals surface area contributed by atoms with Crippen LogP contribution in [0.3, 0.4) is 0 Å². The first-order valence-corrected chi connectivity index (χ1v) is 7.27. The number of aryl methyl sites for hydroxylation is 2. The minimum absolute atomic E-state index is 0.0713. The molecule has 0 heterocycles. The zero-order valence-corrected chi connectivity index (χ0v) is 13.3. The molecule has 0 unspecified atom stereocenters. The number of hydrogen-bond donors (Lipinski definition) is 2. The molecule has 0 spiro atoms. The van der Waals surface area contributed by atoms with Crippen molar-refractivity contribution in [1.29, 1.82) is 0 Å². The molecule has 2 N–H and O–H groups in total. The minimum Gasteiger partial charge on any atom is -0.508 e. The second kappa shape index (κ2) is 7.09. The Morgan fingerprint density at radius 3 is 2.45 bits per heavy atom. The van der Waals surface area contributed by atoms with Crippen molar-refractivity contribution in [2.45, 2.75) is 20.4 Å². The van der Waals surface area contributed by atoms with Crippen LogP contribution in [0.4, 0.5) is 5.69 Å². The van der Waals surface area contributed by atoms with Crippen molar-refractivity contribution in [3.63, 3.8) is 0 Å². The van der Waals surface area contributed by atoms with Crippen LogP contribution in [-0.4, -0.2) is 29.5 Å². The maximum Gasteiger partial charge on any atom is 0.238 e. The van der Waals surface area contributed by atoms with Crippen molar-refractivity contribution in [3.05, 3.63) is 59.2 Å². The van der Waals surface area contributed by atoms with Crippen molar-refractivity contribution in [1.82, 2.24) is 4.90 Å². The maximum absolute atomic E-state index is 12.0. The van der Waals surface area contributed by atoms with Gasteiger partial charge in [-0.2, -0.15) is 0 Å². The average molecular weight is 298 g/mol. The zero-order valence-electron chi connectivity index (χ0n) is 13.3. The summed E-state index contributed by atoms with van der Waals surface area (Å²) in [6.07, 6.45) is 0. The molecule has 2 aromatic rings. The Balaban J connectivity index is 1.89. The number of benzene rings is 2. The predicted molar refractivity (Wildman–Crippen MR) is 89.0 cm³/mol. The van der Waals surface area contributed by atoms with Crippen LogP contribution >= 0.6 is 0 Å². The van der Waals surface area contributed by atoms with Gasteiger partial charge in [0.1, 0.15) is 5.75 Å². The van der Waals surface area contributed by atoms with Gasteiger partial charge in [-0.05, 0) is 56.3 Å². The molecule has 0 aliphatic carbocycles. The molecule has 0 aromatic heterocycles. The van der Waals surface area contributed by atoms with Crippen LogP contribution < -0.4 is 5.32 Å². The molecule has 0 saturated carbocycles. The van der Waals surface area contributed by atoms with Crippen LogP contribution in [0.5, 0.6) is 5.75 Å². The number of nitrogens with zero attached hydrogens (tertiary/aromatic N) is 1. The van der Waals surface area contributed by atoms with Crippen LogP contribution in [0.1, 0.15) is 16.7 Å². The number of carbonyl (C=O) groups excluding carboxylic acids is 1. The van der Waals surface area contributed by atoms with E-state index in [0.717, 1.165) is 6.54 Å². The summed E-state index contributed by atoms with van der Waals surface area (Å²) in [5, 5.41) is 12.0. The van der Waals surface area contributed by atoms with Gasteiger partial charge < -0.3 is 10.4 Å². The number of phenols is 1. The third-order valence-corrected chi connectivity index (χ3v) is 3.50. The van der Waals surface area contributed by atoms with Crippen LogP contribution in [0.2, 0.25) is 0 Å². The first-order valence-electron chi connectivity index (χ1n) is 7.27. The summed E-state index contributed by atoms with van der Waals surface area (Å²) in [4.78, 5) is 14.0. The molecule has 116 valence electrons. The molecule has 0 atom stereocenters. The van der Waals surface area contributed by atoms with E-state index in [-0.39, 0.29) is 11.7 Å². The van der Waals surface area contributed by atoms with E-state index in [1.807, 2.05) is 11.9 Å². The summed E-state index contributed by atoms with van der Waals surface area (Å²) in [5.41, 5.74) is 4.40. The largest absolute Gasteiger partial charge is 0.508 e. The smallest absolute Gasteiger partial charge is 0.238 e. The fraction of sp³-hybridized carbons (Fsp3) is 0.278. The minimum atomic E-state index is -0.0713. The normalized spacial score (nSPS) is 10.7.